The highest BCUT2D eigenvalue weighted by molar-refractivity contribution is 6.07. The minimum absolute atomic E-state index is 0.286. The molecule has 0 amide bonds. The zero-order valence-corrected chi connectivity index (χ0v) is 13.1. The summed E-state index contributed by atoms with van der Waals surface area (Å²) in [4.78, 5) is 12.1. The molecule has 3 aromatic rings. The first-order valence-electron chi connectivity index (χ1n) is 7.09. The van der Waals surface area contributed by atoms with Crippen molar-refractivity contribution in [3.63, 3.8) is 0 Å². The van der Waals surface area contributed by atoms with E-state index in [2.05, 4.69) is 10.4 Å². The summed E-state index contributed by atoms with van der Waals surface area (Å²) < 4.78 is 20.6. The molecule has 0 unspecified atom stereocenters. The van der Waals surface area contributed by atoms with Crippen molar-refractivity contribution in [2.75, 3.05) is 12.4 Å². The number of nitrogens with zero attached hydrogens (tertiary/aromatic N) is 2. The van der Waals surface area contributed by atoms with E-state index < -0.39 is 11.8 Å². The van der Waals surface area contributed by atoms with Gasteiger partial charge in [0.05, 0.1) is 29.6 Å². The van der Waals surface area contributed by atoms with Crippen molar-refractivity contribution in [2.24, 2.45) is 7.05 Å². The number of benzene rings is 2. The third-order valence-corrected chi connectivity index (χ3v) is 3.83. The minimum Gasteiger partial charge on any atom is -0.465 e. The van der Waals surface area contributed by atoms with Crippen LogP contribution >= 0.6 is 0 Å². The van der Waals surface area contributed by atoms with Crippen LogP contribution in [-0.2, 0) is 11.8 Å². The Morgan fingerprint density at radius 3 is 2.70 bits per heavy atom. The fraction of sp³-hybridized carbons (Fsp3) is 0.176. The molecule has 0 atom stereocenters. The van der Waals surface area contributed by atoms with Crippen molar-refractivity contribution in [3.8, 4) is 0 Å². The van der Waals surface area contributed by atoms with Crippen LogP contribution in [0.1, 0.15) is 16.1 Å². The highest BCUT2D eigenvalue weighted by atomic mass is 19.1. The lowest BCUT2D eigenvalue weighted by molar-refractivity contribution is 0.0602. The Hall–Kier alpha value is -2.89. The van der Waals surface area contributed by atoms with Gasteiger partial charge in [0.25, 0.3) is 0 Å². The maximum absolute atomic E-state index is 14.0. The molecule has 23 heavy (non-hydrogen) atoms. The average Bonchev–Trinajstić information content (AvgIpc) is 2.84. The lowest BCUT2D eigenvalue weighted by Gasteiger charge is -2.13. The second-order valence-corrected chi connectivity index (χ2v) is 5.19. The van der Waals surface area contributed by atoms with Gasteiger partial charge in [0.2, 0.25) is 0 Å². The molecule has 1 N–H and O–H groups in total. The quantitative estimate of drug-likeness (QED) is 0.751. The van der Waals surface area contributed by atoms with Crippen LogP contribution in [0.5, 0.6) is 0 Å². The highest BCUT2D eigenvalue weighted by Crippen LogP contribution is 2.33. The van der Waals surface area contributed by atoms with Gasteiger partial charge in [-0.2, -0.15) is 5.10 Å². The van der Waals surface area contributed by atoms with Gasteiger partial charge in [-0.3, -0.25) is 4.68 Å². The number of fused-ring (bicyclic) bond motifs is 1. The largest absolute Gasteiger partial charge is 0.465 e. The zero-order chi connectivity index (χ0) is 16.6. The number of aromatic nitrogens is 2. The number of aryl methyl sites for hydroxylation is 2. The fourth-order valence-electron chi connectivity index (χ4n) is 2.55. The molecule has 0 aliphatic rings. The monoisotopic (exact) mass is 313 g/mol. The van der Waals surface area contributed by atoms with Crippen LogP contribution < -0.4 is 5.32 Å². The van der Waals surface area contributed by atoms with Crippen LogP contribution in [0.2, 0.25) is 0 Å². The van der Waals surface area contributed by atoms with Crippen LogP contribution in [0.15, 0.2) is 36.4 Å². The number of hydrogen-bond donors (Lipinski definition) is 1. The topological polar surface area (TPSA) is 56.1 Å². The SMILES string of the molecule is COC(=O)c1ccc2nn(C)c(C)c2c1Nc1ccccc1F. The number of anilines is 2. The van der Waals surface area contributed by atoms with Crippen LogP contribution in [-0.4, -0.2) is 22.9 Å². The molecule has 118 valence electrons. The van der Waals surface area contributed by atoms with E-state index in [1.165, 1.54) is 13.2 Å². The first-order valence-corrected chi connectivity index (χ1v) is 7.09. The Labute approximate surface area is 132 Å². The van der Waals surface area contributed by atoms with Gasteiger partial charge in [-0.25, -0.2) is 9.18 Å². The maximum atomic E-state index is 14.0. The predicted octanol–water partition coefficient (Wildman–Crippen LogP) is 3.55. The number of carbonyl (C=O) groups excluding carboxylic acids is 1. The van der Waals surface area contributed by atoms with E-state index in [-0.39, 0.29) is 5.69 Å². The Bertz CT molecular complexity index is 902. The van der Waals surface area contributed by atoms with E-state index >= 15 is 0 Å². The van der Waals surface area contributed by atoms with Crippen molar-refractivity contribution in [2.45, 2.75) is 6.92 Å². The average molecular weight is 313 g/mol. The summed E-state index contributed by atoms with van der Waals surface area (Å²) in [6.07, 6.45) is 0. The molecule has 5 nitrogen and oxygen atoms in total. The smallest absolute Gasteiger partial charge is 0.339 e. The number of carbonyl (C=O) groups is 1. The molecule has 0 saturated heterocycles. The molecular formula is C17H16FN3O2. The van der Waals surface area contributed by atoms with Gasteiger partial charge in [-0.15, -0.1) is 0 Å². The van der Waals surface area contributed by atoms with Crippen molar-refractivity contribution < 1.29 is 13.9 Å². The van der Waals surface area contributed by atoms with Gasteiger partial charge >= 0.3 is 5.97 Å². The Morgan fingerprint density at radius 2 is 2.00 bits per heavy atom. The molecule has 0 bridgehead atoms. The highest BCUT2D eigenvalue weighted by Gasteiger charge is 2.19. The number of hydrogen-bond acceptors (Lipinski definition) is 4. The normalized spacial score (nSPS) is 10.8. The Morgan fingerprint density at radius 1 is 1.26 bits per heavy atom. The summed E-state index contributed by atoms with van der Waals surface area (Å²) in [7, 11) is 3.13. The summed E-state index contributed by atoms with van der Waals surface area (Å²) in [5, 5.41) is 8.18. The molecule has 3 rings (SSSR count). The molecule has 0 aliphatic heterocycles. The van der Waals surface area contributed by atoms with Crippen LogP contribution in [0.4, 0.5) is 15.8 Å². The van der Waals surface area contributed by atoms with Crippen molar-refractivity contribution in [1.82, 2.24) is 9.78 Å². The number of para-hydroxylation sites is 1. The number of ether oxygens (including phenoxy) is 1. The summed E-state index contributed by atoms with van der Waals surface area (Å²) in [5.41, 5.74) is 2.69. The summed E-state index contributed by atoms with van der Waals surface area (Å²) in [6, 6.07) is 9.68. The number of halogens is 1. The first-order chi connectivity index (χ1) is 11.0. The number of methoxy groups -OCH3 is 1. The van der Waals surface area contributed by atoms with E-state index in [9.17, 15) is 9.18 Å². The number of rotatable bonds is 3. The molecule has 1 aromatic heterocycles. The maximum Gasteiger partial charge on any atom is 0.339 e. The molecule has 0 radical (unpaired) electrons. The molecule has 1 heterocycles. The fourth-order valence-corrected chi connectivity index (χ4v) is 2.55. The standard InChI is InChI=1S/C17H16FN3O2/c1-10-15-14(20-21(10)2)9-8-11(17(22)23-3)16(15)19-13-7-5-4-6-12(13)18/h4-9,19H,1-3H3. The van der Waals surface area contributed by atoms with E-state index in [1.54, 1.807) is 35.0 Å². The molecule has 2 aromatic carbocycles. The van der Waals surface area contributed by atoms with E-state index in [1.807, 2.05) is 14.0 Å². The molecule has 0 fully saturated rings. The van der Waals surface area contributed by atoms with Crippen molar-refractivity contribution in [3.05, 3.63) is 53.5 Å². The van der Waals surface area contributed by atoms with E-state index in [0.29, 0.717) is 11.3 Å². The molecule has 6 heteroatoms. The number of esters is 1. The second-order valence-electron chi connectivity index (χ2n) is 5.19. The van der Waals surface area contributed by atoms with Crippen LogP contribution in [0, 0.1) is 12.7 Å². The zero-order valence-electron chi connectivity index (χ0n) is 13.1. The Balaban J connectivity index is 2.26. The van der Waals surface area contributed by atoms with Crippen LogP contribution in [0.3, 0.4) is 0 Å². The predicted molar refractivity (Wildman–Crippen MR) is 86.5 cm³/mol. The van der Waals surface area contributed by atoms with Crippen LogP contribution in [0.25, 0.3) is 10.9 Å². The molecular weight excluding hydrogens is 297 g/mol. The van der Waals surface area contributed by atoms with Crippen molar-refractivity contribution >= 4 is 28.2 Å². The number of nitrogens with one attached hydrogen (secondary N) is 1. The van der Waals surface area contributed by atoms with Gasteiger partial charge in [-0.05, 0) is 31.2 Å². The van der Waals surface area contributed by atoms with E-state index in [4.69, 9.17) is 4.74 Å². The third kappa shape index (κ3) is 2.52. The minimum atomic E-state index is -0.492. The Kier molecular flexibility index (Phi) is 3.73. The lowest BCUT2D eigenvalue weighted by Crippen LogP contribution is -2.07. The van der Waals surface area contributed by atoms with Crippen molar-refractivity contribution in [1.29, 1.82) is 0 Å². The van der Waals surface area contributed by atoms with Gasteiger partial charge in [0, 0.05) is 18.1 Å². The van der Waals surface area contributed by atoms with Gasteiger partial charge < -0.3 is 10.1 Å². The molecule has 0 saturated carbocycles. The molecule has 0 spiro atoms. The summed E-state index contributed by atoms with van der Waals surface area (Å²) in [6.45, 7) is 1.89. The van der Waals surface area contributed by atoms with Gasteiger partial charge in [-0.1, -0.05) is 12.1 Å². The molecule has 0 aliphatic carbocycles. The first kappa shape index (κ1) is 15.0. The third-order valence-electron chi connectivity index (χ3n) is 3.83. The van der Waals surface area contributed by atoms with Gasteiger partial charge in [0.1, 0.15) is 5.82 Å². The van der Waals surface area contributed by atoms with E-state index in [0.717, 1.165) is 16.6 Å². The summed E-state index contributed by atoms with van der Waals surface area (Å²) in [5.74, 6) is -0.893. The lowest BCUT2D eigenvalue weighted by atomic mass is 10.1. The summed E-state index contributed by atoms with van der Waals surface area (Å²) >= 11 is 0. The second kappa shape index (κ2) is 5.72. The van der Waals surface area contributed by atoms with Gasteiger partial charge in [0.15, 0.2) is 0 Å².